The predicted octanol–water partition coefficient (Wildman–Crippen LogP) is 5.02. The second-order valence-electron chi connectivity index (χ2n) is 7.59. The molecule has 4 rings (SSSR count). The van der Waals surface area contributed by atoms with Crippen LogP contribution in [0.1, 0.15) is 22.7 Å². The van der Waals surface area contributed by atoms with Crippen LogP contribution in [0.15, 0.2) is 88.9 Å². The molecule has 1 aliphatic heterocycles. The summed E-state index contributed by atoms with van der Waals surface area (Å²) in [5.74, 6) is -1.89. The largest absolute Gasteiger partial charge is 0.507 e. The van der Waals surface area contributed by atoms with Crippen LogP contribution >= 0.6 is 15.9 Å². The molecule has 1 fully saturated rings. The lowest BCUT2D eigenvalue weighted by atomic mass is 9.95. The Morgan fingerprint density at radius 2 is 1.70 bits per heavy atom. The smallest absolute Gasteiger partial charge is 0.295 e. The molecule has 1 aliphatic rings. The molecular formula is C25H19BrN2O5. The van der Waals surface area contributed by atoms with Gasteiger partial charge in [-0.05, 0) is 29.7 Å². The average molecular weight is 507 g/mol. The van der Waals surface area contributed by atoms with Gasteiger partial charge in [-0.1, -0.05) is 70.5 Å². The van der Waals surface area contributed by atoms with Gasteiger partial charge in [0.25, 0.3) is 17.4 Å². The van der Waals surface area contributed by atoms with Gasteiger partial charge in [-0.3, -0.25) is 19.7 Å². The molecule has 166 valence electrons. The molecule has 3 aromatic rings. The minimum absolute atomic E-state index is 0.0871. The molecule has 1 saturated heterocycles. The first-order valence-electron chi connectivity index (χ1n) is 10.2. The van der Waals surface area contributed by atoms with Crippen LogP contribution in [0.4, 0.5) is 5.69 Å². The van der Waals surface area contributed by atoms with Gasteiger partial charge in [0.2, 0.25) is 0 Å². The number of hydrogen-bond acceptors (Lipinski definition) is 5. The number of benzene rings is 3. The quantitative estimate of drug-likeness (QED) is 0.166. The van der Waals surface area contributed by atoms with Crippen LogP contribution in [-0.4, -0.2) is 33.2 Å². The predicted molar refractivity (Wildman–Crippen MR) is 126 cm³/mol. The van der Waals surface area contributed by atoms with Gasteiger partial charge >= 0.3 is 0 Å². The lowest BCUT2D eigenvalue weighted by Gasteiger charge is -2.25. The third-order valence-corrected chi connectivity index (χ3v) is 6.07. The summed E-state index contributed by atoms with van der Waals surface area (Å²) in [6.45, 7) is 0.207. The Morgan fingerprint density at radius 3 is 2.36 bits per heavy atom. The molecule has 0 bridgehead atoms. The van der Waals surface area contributed by atoms with E-state index in [2.05, 4.69) is 15.9 Å². The normalized spacial score (nSPS) is 17.4. The van der Waals surface area contributed by atoms with E-state index in [4.69, 9.17) is 0 Å². The molecule has 33 heavy (non-hydrogen) atoms. The zero-order valence-corrected chi connectivity index (χ0v) is 18.9. The first-order chi connectivity index (χ1) is 15.9. The maximum absolute atomic E-state index is 13.1. The Labute approximate surface area is 198 Å². The molecular weight excluding hydrogens is 488 g/mol. The zero-order chi connectivity index (χ0) is 23.5. The van der Waals surface area contributed by atoms with E-state index in [1.165, 1.54) is 23.1 Å². The van der Waals surface area contributed by atoms with E-state index in [0.717, 1.165) is 10.0 Å². The summed E-state index contributed by atoms with van der Waals surface area (Å²) < 4.78 is 0.789. The van der Waals surface area contributed by atoms with Gasteiger partial charge in [-0.2, -0.15) is 0 Å². The van der Waals surface area contributed by atoms with E-state index in [0.29, 0.717) is 17.5 Å². The van der Waals surface area contributed by atoms with Crippen molar-refractivity contribution in [1.29, 1.82) is 0 Å². The van der Waals surface area contributed by atoms with Crippen LogP contribution in [0, 0.1) is 10.1 Å². The third-order valence-electron chi connectivity index (χ3n) is 5.54. The first kappa shape index (κ1) is 22.4. The summed E-state index contributed by atoms with van der Waals surface area (Å²) in [5.41, 5.74) is 1.48. The van der Waals surface area contributed by atoms with E-state index in [-0.39, 0.29) is 23.6 Å². The monoisotopic (exact) mass is 506 g/mol. The van der Waals surface area contributed by atoms with Gasteiger partial charge in [0.05, 0.1) is 16.5 Å². The minimum atomic E-state index is -0.947. The highest BCUT2D eigenvalue weighted by atomic mass is 79.9. The molecule has 1 heterocycles. The number of aliphatic hydroxyl groups excluding tert-OH is 1. The Hall–Kier alpha value is -3.78. The van der Waals surface area contributed by atoms with Crippen molar-refractivity contribution >= 4 is 39.1 Å². The molecule has 8 heteroatoms. The fraction of sp³-hybridized carbons (Fsp3) is 0.120. The Kier molecular flexibility index (Phi) is 6.37. The molecule has 7 nitrogen and oxygen atoms in total. The maximum Gasteiger partial charge on any atom is 0.295 e. The number of aliphatic hydroxyl groups is 1. The van der Waals surface area contributed by atoms with Crippen molar-refractivity contribution in [3.05, 3.63) is 116 Å². The summed E-state index contributed by atoms with van der Waals surface area (Å²) in [4.78, 5) is 38.3. The number of amides is 1. The minimum Gasteiger partial charge on any atom is -0.507 e. The number of carbonyl (C=O) groups excluding carboxylic acids is 2. The highest BCUT2D eigenvalue weighted by Gasteiger charge is 2.46. The summed E-state index contributed by atoms with van der Waals surface area (Å²) in [6.07, 6.45) is 0.484. The number of carbonyl (C=O) groups is 2. The van der Waals surface area contributed by atoms with Crippen molar-refractivity contribution in [2.45, 2.75) is 12.5 Å². The molecule has 1 amide bonds. The van der Waals surface area contributed by atoms with E-state index < -0.39 is 22.7 Å². The molecule has 3 aromatic carbocycles. The van der Waals surface area contributed by atoms with Gasteiger partial charge in [-0.15, -0.1) is 0 Å². The molecule has 0 saturated carbocycles. The average Bonchev–Trinajstić information content (AvgIpc) is 3.08. The molecule has 0 aromatic heterocycles. The molecule has 1 unspecified atom stereocenters. The van der Waals surface area contributed by atoms with Crippen LogP contribution < -0.4 is 0 Å². The van der Waals surface area contributed by atoms with E-state index in [1.54, 1.807) is 30.3 Å². The lowest BCUT2D eigenvalue weighted by Crippen LogP contribution is -2.31. The summed E-state index contributed by atoms with van der Waals surface area (Å²) in [7, 11) is 0. The van der Waals surface area contributed by atoms with Crippen LogP contribution in [0.5, 0.6) is 0 Å². The van der Waals surface area contributed by atoms with Crippen molar-refractivity contribution in [3.63, 3.8) is 0 Å². The maximum atomic E-state index is 13.1. The van der Waals surface area contributed by atoms with Gasteiger partial charge in [0, 0.05) is 28.7 Å². The number of nitrogens with zero attached hydrogens (tertiary/aromatic N) is 2. The Morgan fingerprint density at radius 1 is 1.00 bits per heavy atom. The van der Waals surface area contributed by atoms with Crippen molar-refractivity contribution in [3.8, 4) is 0 Å². The van der Waals surface area contributed by atoms with Crippen LogP contribution in [0.25, 0.3) is 5.76 Å². The standard InChI is InChI=1S/C25H19BrN2O5/c26-19-11-9-17(10-12-19)23(29)21-22(18-7-4-8-20(15-18)28(32)33)27(25(31)24(21)30)14-13-16-5-2-1-3-6-16/h1-12,15,22,29H,13-14H2. The van der Waals surface area contributed by atoms with E-state index in [1.807, 2.05) is 30.3 Å². The van der Waals surface area contributed by atoms with Crippen LogP contribution in [-0.2, 0) is 16.0 Å². The van der Waals surface area contributed by atoms with Crippen molar-refractivity contribution in [2.24, 2.45) is 0 Å². The summed E-state index contributed by atoms with van der Waals surface area (Å²) in [5, 5.41) is 22.4. The fourth-order valence-electron chi connectivity index (χ4n) is 3.92. The number of ketones is 1. The summed E-state index contributed by atoms with van der Waals surface area (Å²) in [6, 6.07) is 21.0. The second kappa shape index (κ2) is 9.38. The van der Waals surface area contributed by atoms with Crippen LogP contribution in [0.2, 0.25) is 0 Å². The van der Waals surface area contributed by atoms with Gasteiger partial charge in [0.15, 0.2) is 0 Å². The zero-order valence-electron chi connectivity index (χ0n) is 17.3. The second-order valence-corrected chi connectivity index (χ2v) is 8.50. The SMILES string of the molecule is O=C1C(=O)N(CCc2ccccc2)C(c2cccc([N+](=O)[O-])c2)C1=C(O)c1ccc(Br)cc1. The number of likely N-dealkylation sites (tertiary alicyclic amines) is 1. The van der Waals surface area contributed by atoms with Crippen molar-refractivity contribution in [2.75, 3.05) is 6.54 Å². The third kappa shape index (κ3) is 4.56. The lowest BCUT2D eigenvalue weighted by molar-refractivity contribution is -0.384. The number of non-ortho nitro benzene ring substituents is 1. The van der Waals surface area contributed by atoms with Crippen molar-refractivity contribution < 1.29 is 19.6 Å². The molecule has 0 spiro atoms. The highest BCUT2D eigenvalue weighted by molar-refractivity contribution is 9.10. The number of hydrogen-bond donors (Lipinski definition) is 1. The first-order valence-corrected chi connectivity index (χ1v) is 11.0. The summed E-state index contributed by atoms with van der Waals surface area (Å²) >= 11 is 3.33. The number of nitro groups is 1. The van der Waals surface area contributed by atoms with Gasteiger partial charge in [0.1, 0.15) is 5.76 Å². The highest BCUT2D eigenvalue weighted by Crippen LogP contribution is 2.40. The number of nitro benzene ring substituents is 1. The Bertz CT molecular complexity index is 1260. The van der Waals surface area contributed by atoms with Crippen LogP contribution in [0.3, 0.4) is 0 Å². The molecule has 1 atom stereocenters. The van der Waals surface area contributed by atoms with E-state index in [9.17, 15) is 24.8 Å². The van der Waals surface area contributed by atoms with Gasteiger partial charge < -0.3 is 10.0 Å². The topological polar surface area (TPSA) is 101 Å². The van der Waals surface area contributed by atoms with Crippen molar-refractivity contribution in [1.82, 2.24) is 4.90 Å². The Balaban J connectivity index is 1.82. The molecule has 1 N–H and O–H groups in total. The number of halogens is 1. The number of rotatable bonds is 6. The molecule has 0 aliphatic carbocycles. The van der Waals surface area contributed by atoms with E-state index >= 15 is 0 Å². The molecule has 0 radical (unpaired) electrons. The van der Waals surface area contributed by atoms with Gasteiger partial charge in [-0.25, -0.2) is 0 Å². The number of Topliss-reactive ketones (excluding diaryl/α,β-unsaturated/α-hetero) is 1. The fourth-order valence-corrected chi connectivity index (χ4v) is 4.19.